The zero-order valence-electron chi connectivity index (χ0n) is 33.9. The Kier molecular flexibility index (Phi) is 17.7. The van der Waals surface area contributed by atoms with Crippen molar-refractivity contribution in [3.8, 4) is 11.8 Å². The van der Waals surface area contributed by atoms with Crippen LogP contribution in [0.4, 0.5) is 5.69 Å². The van der Waals surface area contributed by atoms with Gasteiger partial charge in [0.05, 0.1) is 49.6 Å². The van der Waals surface area contributed by atoms with Gasteiger partial charge in [-0.05, 0) is 38.3 Å². The van der Waals surface area contributed by atoms with E-state index in [1.165, 1.54) is 0 Å². The first kappa shape index (κ1) is 48.2. The number of carbonyl (C=O) groups excluding carboxylic acids is 7. The predicted molar refractivity (Wildman–Crippen MR) is 210 cm³/mol. The highest BCUT2D eigenvalue weighted by Gasteiger charge is 2.47. The number of hydrogen-bond acceptors (Lipinski definition) is 13. The van der Waals surface area contributed by atoms with Crippen LogP contribution in [0.25, 0.3) is 0 Å². The van der Waals surface area contributed by atoms with Gasteiger partial charge >= 0.3 is 5.97 Å². The Labute approximate surface area is 343 Å². The second kappa shape index (κ2) is 21.7. The molecular formula is C39H53N5O14S. The molecule has 5 N–H and O–H groups in total. The van der Waals surface area contributed by atoms with Gasteiger partial charge in [0.25, 0.3) is 21.9 Å². The Balaban J connectivity index is 1.66. The summed E-state index contributed by atoms with van der Waals surface area (Å²) >= 11 is 0. The number of benzene rings is 1. The number of aliphatic hydroxyl groups excluding tert-OH is 1. The van der Waals surface area contributed by atoms with E-state index in [1.807, 2.05) is 13.8 Å². The summed E-state index contributed by atoms with van der Waals surface area (Å²) in [4.78, 5) is 91.7. The Morgan fingerprint density at radius 1 is 1.03 bits per heavy atom. The van der Waals surface area contributed by atoms with E-state index in [9.17, 15) is 47.1 Å². The molecule has 3 atom stereocenters. The van der Waals surface area contributed by atoms with Crippen molar-refractivity contribution in [1.82, 2.24) is 20.4 Å². The van der Waals surface area contributed by atoms with E-state index in [0.29, 0.717) is 23.2 Å². The van der Waals surface area contributed by atoms with Gasteiger partial charge in [-0.15, -0.1) is 0 Å². The van der Waals surface area contributed by atoms with Crippen molar-refractivity contribution in [2.45, 2.75) is 84.7 Å². The van der Waals surface area contributed by atoms with Crippen LogP contribution in [0.15, 0.2) is 30.4 Å². The van der Waals surface area contributed by atoms with E-state index >= 15 is 0 Å². The summed E-state index contributed by atoms with van der Waals surface area (Å²) in [7, 11) is -4.34. The number of carbonyl (C=O) groups is 7. The molecule has 0 bridgehead atoms. The fourth-order valence-electron chi connectivity index (χ4n) is 5.85. The van der Waals surface area contributed by atoms with Gasteiger partial charge in [-0.1, -0.05) is 45.6 Å². The molecule has 3 unspecified atom stereocenters. The summed E-state index contributed by atoms with van der Waals surface area (Å²) in [6.45, 7) is 8.40. The number of aliphatic hydroxyl groups is 1. The van der Waals surface area contributed by atoms with Crippen molar-refractivity contribution in [2.75, 3.05) is 50.6 Å². The number of anilines is 1. The van der Waals surface area contributed by atoms with Crippen LogP contribution in [0.3, 0.4) is 0 Å². The molecule has 2 aliphatic heterocycles. The van der Waals surface area contributed by atoms with Gasteiger partial charge in [0, 0.05) is 42.0 Å². The molecule has 324 valence electrons. The standard InChI is InChI=1S/C39H53N5O14S/c1-24(2)35(42-32(47)21-43-29(23-56-16-17-59(53,54)55)19-30(37(43)51)44-33(48)11-12-34(44)49)36(50)40-20-31(46)41-28-10-9-27(22-57-38(52)25(3)4)26(18-28)8-7-15-58-39(5,6)13-14-45/h9-12,18,24-25,29-30,35,45H,13-17,19-23H2,1-6H3,(H,40,50)(H,41,46)(H,42,47)(H,53,54,55). The zero-order valence-corrected chi connectivity index (χ0v) is 34.8. The quantitative estimate of drug-likeness (QED) is 0.0356. The molecule has 19 nitrogen and oxygen atoms in total. The molecule has 1 fully saturated rings. The number of rotatable bonds is 21. The Morgan fingerprint density at radius 3 is 2.32 bits per heavy atom. The van der Waals surface area contributed by atoms with Crippen molar-refractivity contribution < 1.29 is 65.8 Å². The van der Waals surface area contributed by atoms with Gasteiger partial charge in [0.1, 0.15) is 25.3 Å². The third-order valence-corrected chi connectivity index (χ3v) is 9.85. The SMILES string of the molecule is CC(C)C(=O)OCc1ccc(NC(=O)CNC(=O)C(NC(=O)CN2C(=O)C(N3C(=O)C=CC3=O)CC2COCCS(=O)(=O)O)C(C)C)cc1C#CCOC(C)(C)CCO. The lowest BCUT2D eigenvalue weighted by Gasteiger charge is -2.27. The number of esters is 1. The summed E-state index contributed by atoms with van der Waals surface area (Å²) in [5, 5.41) is 17.0. The van der Waals surface area contributed by atoms with Crippen LogP contribution in [0.5, 0.6) is 0 Å². The van der Waals surface area contributed by atoms with Crippen molar-refractivity contribution in [1.29, 1.82) is 0 Å². The highest BCUT2D eigenvalue weighted by molar-refractivity contribution is 7.85. The minimum Gasteiger partial charge on any atom is -0.461 e. The third kappa shape index (κ3) is 15.2. The molecule has 1 saturated heterocycles. The van der Waals surface area contributed by atoms with E-state index < -0.39 is 107 Å². The molecule has 0 radical (unpaired) electrons. The number of imide groups is 1. The first-order chi connectivity index (χ1) is 27.6. The molecule has 2 aliphatic rings. The van der Waals surface area contributed by atoms with Crippen LogP contribution in [-0.2, 0) is 64.5 Å². The molecule has 0 spiro atoms. The van der Waals surface area contributed by atoms with E-state index in [0.717, 1.165) is 22.0 Å². The van der Waals surface area contributed by atoms with Crippen molar-refractivity contribution in [3.63, 3.8) is 0 Å². The minimum atomic E-state index is -4.34. The van der Waals surface area contributed by atoms with Crippen molar-refractivity contribution in [2.24, 2.45) is 11.8 Å². The van der Waals surface area contributed by atoms with Gasteiger partial charge in [0.15, 0.2) is 0 Å². The van der Waals surface area contributed by atoms with Crippen LogP contribution < -0.4 is 16.0 Å². The number of nitrogens with one attached hydrogen (secondary N) is 3. The topological polar surface area (TPSA) is 264 Å². The highest BCUT2D eigenvalue weighted by atomic mass is 32.2. The van der Waals surface area contributed by atoms with Crippen LogP contribution in [0.2, 0.25) is 0 Å². The van der Waals surface area contributed by atoms with Crippen molar-refractivity contribution >= 4 is 57.2 Å². The van der Waals surface area contributed by atoms with Gasteiger partial charge in [-0.3, -0.25) is 43.0 Å². The maximum atomic E-state index is 13.5. The van der Waals surface area contributed by atoms with E-state index in [-0.39, 0.29) is 38.8 Å². The van der Waals surface area contributed by atoms with Crippen LogP contribution in [0, 0.1) is 23.7 Å². The highest BCUT2D eigenvalue weighted by Crippen LogP contribution is 2.26. The summed E-state index contributed by atoms with van der Waals surface area (Å²) in [5.74, 6) is -0.406. The first-order valence-corrected chi connectivity index (χ1v) is 20.5. The third-order valence-electron chi connectivity index (χ3n) is 9.16. The summed E-state index contributed by atoms with van der Waals surface area (Å²) < 4.78 is 47.7. The number of nitrogens with zero attached hydrogens (tertiary/aromatic N) is 2. The monoisotopic (exact) mass is 847 g/mol. The van der Waals surface area contributed by atoms with Gasteiger partial charge in [0.2, 0.25) is 23.6 Å². The van der Waals surface area contributed by atoms with Crippen LogP contribution in [0.1, 0.15) is 65.5 Å². The first-order valence-electron chi connectivity index (χ1n) is 18.9. The number of likely N-dealkylation sites (tertiary alicyclic amines) is 1. The molecule has 2 heterocycles. The maximum Gasteiger partial charge on any atom is 0.308 e. The summed E-state index contributed by atoms with van der Waals surface area (Å²) in [6, 6.07) is 1.46. The van der Waals surface area contributed by atoms with Crippen LogP contribution in [-0.4, -0.2) is 138 Å². The lowest BCUT2D eigenvalue weighted by Crippen LogP contribution is -2.54. The minimum absolute atomic E-state index is 0.0380. The number of hydrogen-bond donors (Lipinski definition) is 5. The Morgan fingerprint density at radius 2 is 1.71 bits per heavy atom. The van der Waals surface area contributed by atoms with Crippen molar-refractivity contribution in [3.05, 3.63) is 41.5 Å². The smallest absolute Gasteiger partial charge is 0.308 e. The molecule has 6 amide bonds. The molecule has 1 aromatic carbocycles. The second-order valence-electron chi connectivity index (χ2n) is 15.1. The van der Waals surface area contributed by atoms with Gasteiger partial charge in [-0.25, -0.2) is 0 Å². The normalized spacial score (nSPS) is 17.3. The molecule has 3 rings (SSSR count). The molecular weight excluding hydrogens is 795 g/mol. The Hall–Kier alpha value is -5.20. The van der Waals surface area contributed by atoms with Gasteiger partial charge in [-0.2, -0.15) is 8.42 Å². The average molecular weight is 848 g/mol. The summed E-state index contributed by atoms with van der Waals surface area (Å²) in [6.07, 6.45) is 2.29. The lowest BCUT2D eigenvalue weighted by molar-refractivity contribution is -0.148. The fraction of sp³-hybridized carbons (Fsp3) is 0.564. The molecule has 0 aliphatic carbocycles. The maximum absolute atomic E-state index is 13.5. The largest absolute Gasteiger partial charge is 0.461 e. The average Bonchev–Trinajstić information content (AvgIpc) is 3.63. The number of ether oxygens (including phenoxy) is 3. The number of amides is 6. The molecule has 0 saturated carbocycles. The van der Waals surface area contributed by atoms with E-state index in [2.05, 4.69) is 27.8 Å². The molecule has 59 heavy (non-hydrogen) atoms. The van der Waals surface area contributed by atoms with E-state index in [4.69, 9.17) is 18.8 Å². The fourth-order valence-corrected chi connectivity index (χ4v) is 6.18. The Bertz CT molecular complexity index is 1930. The molecule has 0 aromatic heterocycles. The zero-order chi connectivity index (χ0) is 44.1. The summed E-state index contributed by atoms with van der Waals surface area (Å²) in [5.41, 5.74) is 0.723. The molecule has 1 aromatic rings. The van der Waals surface area contributed by atoms with Gasteiger partial charge < -0.3 is 40.2 Å². The van der Waals surface area contributed by atoms with Crippen LogP contribution >= 0.6 is 0 Å². The van der Waals surface area contributed by atoms with E-state index in [1.54, 1.807) is 45.9 Å². The lowest BCUT2D eigenvalue weighted by atomic mass is 10.0. The second-order valence-corrected chi connectivity index (χ2v) is 16.7. The molecule has 20 heteroatoms. The predicted octanol–water partition coefficient (Wildman–Crippen LogP) is -0.0907.